The van der Waals surface area contributed by atoms with E-state index in [-0.39, 0.29) is 23.1 Å². The van der Waals surface area contributed by atoms with Crippen LogP contribution in [0.15, 0.2) is 70.1 Å². The predicted octanol–water partition coefficient (Wildman–Crippen LogP) is 4.31. The number of halogens is 1. The van der Waals surface area contributed by atoms with Crippen LogP contribution in [0.2, 0.25) is 0 Å². The fraction of sp³-hybridized carbons (Fsp3) is 0.217. The van der Waals surface area contributed by atoms with Gasteiger partial charge in [0.1, 0.15) is 5.82 Å². The van der Waals surface area contributed by atoms with Gasteiger partial charge in [-0.3, -0.25) is 9.59 Å². The minimum atomic E-state index is -0.383. The molecule has 2 aromatic carbocycles. The zero-order chi connectivity index (χ0) is 22.0. The van der Waals surface area contributed by atoms with Crippen LogP contribution in [0.25, 0.3) is 10.8 Å². The van der Waals surface area contributed by atoms with E-state index in [9.17, 15) is 9.59 Å². The van der Waals surface area contributed by atoms with Crippen molar-refractivity contribution in [2.75, 3.05) is 5.32 Å². The Balaban J connectivity index is 1.67. The molecule has 158 valence electrons. The molecule has 2 aromatic heterocycles. The zero-order valence-corrected chi connectivity index (χ0v) is 18.8. The van der Waals surface area contributed by atoms with Crippen molar-refractivity contribution in [2.24, 2.45) is 5.92 Å². The number of carbonyl (C=O) groups is 1. The average molecular weight is 480 g/mol. The Hall–Kier alpha value is -3.26. The first kappa shape index (κ1) is 21.0. The molecule has 0 radical (unpaired) electrons. The molecule has 0 aliphatic rings. The number of hydrogen-bond donors (Lipinski definition) is 1. The largest absolute Gasteiger partial charge is 0.305 e. The van der Waals surface area contributed by atoms with Gasteiger partial charge in [-0.05, 0) is 29.7 Å². The van der Waals surface area contributed by atoms with Crippen molar-refractivity contribution in [1.29, 1.82) is 0 Å². The van der Waals surface area contributed by atoms with E-state index >= 15 is 0 Å². The number of nitrogens with zero attached hydrogens (tertiary/aromatic N) is 4. The van der Waals surface area contributed by atoms with Gasteiger partial charge in [0.25, 0.3) is 11.5 Å². The van der Waals surface area contributed by atoms with Crippen LogP contribution in [0.1, 0.15) is 29.9 Å². The first-order chi connectivity index (χ1) is 14.9. The lowest BCUT2D eigenvalue weighted by Gasteiger charge is -2.13. The molecule has 8 heteroatoms. The van der Waals surface area contributed by atoms with Gasteiger partial charge >= 0.3 is 0 Å². The Morgan fingerprint density at radius 3 is 2.45 bits per heavy atom. The van der Waals surface area contributed by atoms with Gasteiger partial charge in [-0.25, -0.2) is 9.36 Å². The highest BCUT2D eigenvalue weighted by atomic mass is 79.9. The topological polar surface area (TPSA) is 81.8 Å². The summed E-state index contributed by atoms with van der Waals surface area (Å²) in [6, 6.07) is 16.7. The van der Waals surface area contributed by atoms with E-state index in [0.717, 1.165) is 10.0 Å². The lowest BCUT2D eigenvalue weighted by Crippen LogP contribution is -2.29. The highest BCUT2D eigenvalue weighted by Crippen LogP contribution is 2.17. The Kier molecular flexibility index (Phi) is 5.99. The predicted molar refractivity (Wildman–Crippen MR) is 124 cm³/mol. The van der Waals surface area contributed by atoms with E-state index in [1.54, 1.807) is 41.2 Å². The molecule has 0 aliphatic carbocycles. The van der Waals surface area contributed by atoms with Crippen LogP contribution < -0.4 is 10.9 Å². The van der Waals surface area contributed by atoms with Gasteiger partial charge in [0.2, 0.25) is 0 Å². The average Bonchev–Trinajstić information content (AvgIpc) is 3.18. The summed E-state index contributed by atoms with van der Waals surface area (Å²) >= 11 is 3.43. The number of aromatic nitrogens is 4. The smallest absolute Gasteiger partial charge is 0.277 e. The van der Waals surface area contributed by atoms with Crippen molar-refractivity contribution < 1.29 is 4.79 Å². The summed E-state index contributed by atoms with van der Waals surface area (Å²) in [7, 11) is 0. The van der Waals surface area contributed by atoms with Crippen LogP contribution in [0.3, 0.4) is 0 Å². The molecule has 0 atom stereocenters. The van der Waals surface area contributed by atoms with Gasteiger partial charge in [0, 0.05) is 22.5 Å². The summed E-state index contributed by atoms with van der Waals surface area (Å²) in [6.07, 6.45) is 1.64. The molecule has 0 saturated heterocycles. The Morgan fingerprint density at radius 1 is 1.03 bits per heavy atom. The Bertz CT molecular complexity index is 1290. The standard InChI is InChI=1S/C23H22BrN5O2/c1-15(2)13-29-23(31)19-6-4-3-5-18(19)21(27-29)22(30)26-20-11-12-25-28(20)14-16-7-9-17(24)10-8-16/h3-12,15H,13-14H2,1-2H3,(H,26,30). The minimum absolute atomic E-state index is 0.193. The summed E-state index contributed by atoms with van der Waals surface area (Å²) in [5.41, 5.74) is 1.07. The number of benzene rings is 2. The fourth-order valence-electron chi connectivity index (χ4n) is 3.38. The number of amides is 1. The van der Waals surface area contributed by atoms with Crippen molar-refractivity contribution in [2.45, 2.75) is 26.9 Å². The Labute approximate surface area is 187 Å². The first-order valence-corrected chi connectivity index (χ1v) is 10.8. The fourth-order valence-corrected chi connectivity index (χ4v) is 3.64. The highest BCUT2D eigenvalue weighted by Gasteiger charge is 2.18. The molecule has 0 unspecified atom stereocenters. The second kappa shape index (κ2) is 8.85. The van der Waals surface area contributed by atoms with Crippen molar-refractivity contribution in [3.05, 3.63) is 86.9 Å². The summed E-state index contributed by atoms with van der Waals surface area (Å²) in [4.78, 5) is 26.0. The van der Waals surface area contributed by atoms with Gasteiger partial charge in [-0.1, -0.05) is 60.1 Å². The highest BCUT2D eigenvalue weighted by molar-refractivity contribution is 9.10. The van der Waals surface area contributed by atoms with Crippen LogP contribution in [-0.2, 0) is 13.1 Å². The van der Waals surface area contributed by atoms with E-state index in [1.165, 1.54) is 4.68 Å². The number of fused-ring (bicyclic) bond motifs is 1. The number of carbonyl (C=O) groups excluding carboxylic acids is 1. The molecule has 0 bridgehead atoms. The van der Waals surface area contributed by atoms with Crippen LogP contribution in [0, 0.1) is 5.92 Å². The second-order valence-electron chi connectivity index (χ2n) is 7.73. The first-order valence-electron chi connectivity index (χ1n) is 10.00. The van der Waals surface area contributed by atoms with E-state index in [2.05, 4.69) is 31.4 Å². The molecule has 1 N–H and O–H groups in total. The molecule has 4 rings (SSSR count). The van der Waals surface area contributed by atoms with Crippen LogP contribution in [-0.4, -0.2) is 25.5 Å². The third-order valence-electron chi connectivity index (χ3n) is 4.82. The second-order valence-corrected chi connectivity index (χ2v) is 8.65. The summed E-state index contributed by atoms with van der Waals surface area (Å²) in [5, 5.41) is 12.6. The van der Waals surface area contributed by atoms with E-state index in [0.29, 0.717) is 29.7 Å². The van der Waals surface area contributed by atoms with E-state index < -0.39 is 0 Å². The summed E-state index contributed by atoms with van der Waals surface area (Å²) in [6.45, 7) is 4.95. The summed E-state index contributed by atoms with van der Waals surface area (Å²) in [5.74, 6) is 0.390. The molecule has 0 spiro atoms. The molecular formula is C23H22BrN5O2. The number of hydrogen-bond acceptors (Lipinski definition) is 4. The number of nitrogens with one attached hydrogen (secondary N) is 1. The van der Waals surface area contributed by atoms with Crippen LogP contribution in [0.4, 0.5) is 5.82 Å². The molecule has 1 amide bonds. The SMILES string of the molecule is CC(C)Cn1nc(C(=O)Nc2ccnn2Cc2ccc(Br)cc2)c2ccccc2c1=O. The monoisotopic (exact) mass is 479 g/mol. The maximum Gasteiger partial charge on any atom is 0.277 e. The lowest BCUT2D eigenvalue weighted by molar-refractivity contribution is 0.102. The molecule has 0 aliphatic heterocycles. The molecule has 2 heterocycles. The number of rotatable bonds is 6. The van der Waals surface area contributed by atoms with Crippen LogP contribution >= 0.6 is 15.9 Å². The van der Waals surface area contributed by atoms with E-state index in [1.807, 2.05) is 38.1 Å². The van der Waals surface area contributed by atoms with Gasteiger partial charge < -0.3 is 5.32 Å². The third kappa shape index (κ3) is 4.59. The Morgan fingerprint density at radius 2 is 1.74 bits per heavy atom. The zero-order valence-electron chi connectivity index (χ0n) is 17.2. The lowest BCUT2D eigenvalue weighted by atomic mass is 10.1. The van der Waals surface area contributed by atoms with Gasteiger partial charge in [-0.2, -0.15) is 10.2 Å². The maximum absolute atomic E-state index is 13.2. The molecule has 7 nitrogen and oxygen atoms in total. The molecule has 31 heavy (non-hydrogen) atoms. The van der Waals surface area contributed by atoms with Gasteiger partial charge in [0.05, 0.1) is 18.1 Å². The molecular weight excluding hydrogens is 458 g/mol. The molecule has 4 aromatic rings. The normalized spacial score (nSPS) is 11.2. The number of anilines is 1. The van der Waals surface area contributed by atoms with Gasteiger partial charge in [-0.15, -0.1) is 0 Å². The van der Waals surface area contributed by atoms with Crippen molar-refractivity contribution in [3.63, 3.8) is 0 Å². The van der Waals surface area contributed by atoms with Crippen molar-refractivity contribution in [3.8, 4) is 0 Å². The molecule has 0 fully saturated rings. The van der Waals surface area contributed by atoms with Crippen molar-refractivity contribution in [1.82, 2.24) is 19.6 Å². The van der Waals surface area contributed by atoms with Crippen LogP contribution in [0.5, 0.6) is 0 Å². The third-order valence-corrected chi connectivity index (χ3v) is 5.35. The summed E-state index contributed by atoms with van der Waals surface area (Å²) < 4.78 is 4.09. The van der Waals surface area contributed by atoms with Crippen molar-refractivity contribution >= 4 is 38.4 Å². The van der Waals surface area contributed by atoms with E-state index in [4.69, 9.17) is 0 Å². The maximum atomic E-state index is 13.2. The minimum Gasteiger partial charge on any atom is -0.305 e. The quantitative estimate of drug-likeness (QED) is 0.446. The van der Waals surface area contributed by atoms with Gasteiger partial charge in [0.15, 0.2) is 5.69 Å². The molecule has 0 saturated carbocycles.